The number of aliphatic imine (C=N–C) groups is 1. The Morgan fingerprint density at radius 3 is 2.77 bits per heavy atom. The van der Waals surface area contributed by atoms with Gasteiger partial charge in [-0.05, 0) is 60.7 Å². The first-order valence-corrected chi connectivity index (χ1v) is 10.3. The molecule has 3 N–H and O–H groups in total. The molecule has 0 unspecified atom stereocenters. The average molecular weight is 538 g/mol. The van der Waals surface area contributed by atoms with Crippen LogP contribution in [0.3, 0.4) is 0 Å². The fourth-order valence-corrected chi connectivity index (χ4v) is 3.80. The molecule has 1 aliphatic heterocycles. The third kappa shape index (κ3) is 5.87. The zero-order valence-corrected chi connectivity index (χ0v) is 19.9. The van der Waals surface area contributed by atoms with Gasteiger partial charge in [-0.15, -0.1) is 24.0 Å². The molecular weight excluding hydrogens is 510 g/mol. The zero-order chi connectivity index (χ0) is 21.0. The second-order valence-electron chi connectivity index (χ2n) is 7.86. The smallest absolute Gasteiger partial charge is 0.224 e. The van der Waals surface area contributed by atoms with E-state index in [-0.39, 0.29) is 41.1 Å². The van der Waals surface area contributed by atoms with Crippen LogP contribution in [0, 0.1) is 5.82 Å². The first-order chi connectivity index (χ1) is 14.6. The van der Waals surface area contributed by atoms with Crippen LogP contribution in [0.5, 0.6) is 5.75 Å². The molecule has 2 aromatic rings. The van der Waals surface area contributed by atoms with Gasteiger partial charge in [-0.3, -0.25) is 9.79 Å². The molecule has 6 nitrogen and oxygen atoms in total. The summed E-state index contributed by atoms with van der Waals surface area (Å²) in [5.74, 6) is 1.36. The van der Waals surface area contributed by atoms with Crippen molar-refractivity contribution in [3.05, 3.63) is 59.4 Å². The van der Waals surface area contributed by atoms with Crippen molar-refractivity contribution in [1.82, 2.24) is 10.6 Å². The molecule has 166 valence electrons. The van der Waals surface area contributed by atoms with Gasteiger partial charge in [-0.1, -0.05) is 12.1 Å². The van der Waals surface area contributed by atoms with E-state index in [1.165, 1.54) is 6.07 Å². The minimum atomic E-state index is -0.192. The monoisotopic (exact) mass is 538 g/mol. The summed E-state index contributed by atoms with van der Waals surface area (Å²) >= 11 is 0. The molecule has 2 aromatic carbocycles. The lowest BCUT2D eigenvalue weighted by atomic mass is 9.96. The van der Waals surface area contributed by atoms with Crippen molar-refractivity contribution in [3.8, 4) is 5.75 Å². The van der Waals surface area contributed by atoms with Gasteiger partial charge in [0.25, 0.3) is 0 Å². The summed E-state index contributed by atoms with van der Waals surface area (Å²) in [4.78, 5) is 15.7. The summed E-state index contributed by atoms with van der Waals surface area (Å²) in [6, 6.07) is 12.6. The maximum Gasteiger partial charge on any atom is 0.224 e. The van der Waals surface area contributed by atoms with Crippen LogP contribution in [-0.2, 0) is 16.6 Å². The van der Waals surface area contributed by atoms with Crippen molar-refractivity contribution in [1.29, 1.82) is 0 Å². The lowest BCUT2D eigenvalue weighted by molar-refractivity contribution is -0.116. The molecule has 0 atom stereocenters. The number of guanidine groups is 1. The number of benzene rings is 2. The molecule has 31 heavy (non-hydrogen) atoms. The van der Waals surface area contributed by atoms with Gasteiger partial charge < -0.3 is 20.7 Å². The molecule has 1 aliphatic carbocycles. The maximum absolute atomic E-state index is 13.6. The van der Waals surface area contributed by atoms with Crippen LogP contribution < -0.4 is 20.7 Å². The molecule has 1 heterocycles. The molecule has 0 saturated heterocycles. The lowest BCUT2D eigenvalue weighted by Gasteiger charge is -2.19. The van der Waals surface area contributed by atoms with Crippen molar-refractivity contribution in [2.24, 2.45) is 4.99 Å². The topological polar surface area (TPSA) is 74.8 Å². The van der Waals surface area contributed by atoms with E-state index in [2.05, 4.69) is 20.9 Å². The zero-order valence-electron chi connectivity index (χ0n) is 17.5. The summed E-state index contributed by atoms with van der Waals surface area (Å²) in [7, 11) is 1.73. The van der Waals surface area contributed by atoms with Gasteiger partial charge in [0.05, 0.1) is 6.54 Å². The second-order valence-corrected chi connectivity index (χ2v) is 7.86. The number of nitrogens with one attached hydrogen (secondary N) is 3. The minimum absolute atomic E-state index is 0. The molecular formula is C23H28FIN4O2. The maximum atomic E-state index is 13.6. The van der Waals surface area contributed by atoms with E-state index >= 15 is 0 Å². The Bertz CT molecular complexity index is 962. The van der Waals surface area contributed by atoms with Gasteiger partial charge in [0.15, 0.2) is 5.96 Å². The van der Waals surface area contributed by atoms with E-state index in [1.807, 2.05) is 24.3 Å². The SMILES string of the molecule is CN=C(NCCOc1ccc2c(c1)CCC(=O)N2)NCC1(c2cccc(F)c2)CC1.I. The number of nitrogens with zero attached hydrogens (tertiary/aromatic N) is 1. The lowest BCUT2D eigenvalue weighted by Crippen LogP contribution is -2.42. The molecule has 8 heteroatoms. The number of aryl methyl sites for hydroxylation is 1. The highest BCUT2D eigenvalue weighted by molar-refractivity contribution is 14.0. The summed E-state index contributed by atoms with van der Waals surface area (Å²) in [6.07, 6.45) is 3.34. The summed E-state index contributed by atoms with van der Waals surface area (Å²) in [5, 5.41) is 9.48. The van der Waals surface area contributed by atoms with E-state index in [0.29, 0.717) is 32.1 Å². The Morgan fingerprint density at radius 2 is 2.03 bits per heavy atom. The van der Waals surface area contributed by atoms with Crippen molar-refractivity contribution in [2.45, 2.75) is 31.1 Å². The van der Waals surface area contributed by atoms with E-state index in [1.54, 1.807) is 19.2 Å². The number of hydrogen-bond acceptors (Lipinski definition) is 3. The first-order valence-electron chi connectivity index (χ1n) is 10.3. The largest absolute Gasteiger partial charge is 0.492 e. The van der Waals surface area contributed by atoms with Crippen molar-refractivity contribution >= 4 is 41.5 Å². The summed E-state index contributed by atoms with van der Waals surface area (Å²) < 4.78 is 19.4. The Balaban J connectivity index is 0.00000272. The quantitative estimate of drug-likeness (QED) is 0.218. The van der Waals surface area contributed by atoms with Gasteiger partial charge in [0.1, 0.15) is 18.2 Å². The van der Waals surface area contributed by atoms with Crippen LogP contribution in [-0.4, -0.2) is 38.6 Å². The summed E-state index contributed by atoms with van der Waals surface area (Å²) in [5.41, 5.74) is 3.00. The van der Waals surface area contributed by atoms with E-state index in [0.717, 1.165) is 41.8 Å². The van der Waals surface area contributed by atoms with Gasteiger partial charge in [-0.2, -0.15) is 0 Å². The molecule has 2 aliphatic rings. The van der Waals surface area contributed by atoms with Crippen molar-refractivity contribution < 1.29 is 13.9 Å². The predicted octanol–water partition coefficient (Wildman–Crippen LogP) is 3.60. The summed E-state index contributed by atoms with van der Waals surface area (Å²) in [6.45, 7) is 1.80. The van der Waals surface area contributed by atoms with Gasteiger partial charge >= 0.3 is 0 Å². The van der Waals surface area contributed by atoms with E-state index in [4.69, 9.17) is 4.74 Å². The fourth-order valence-electron chi connectivity index (χ4n) is 3.80. The molecule has 0 spiro atoms. The van der Waals surface area contributed by atoms with Gasteiger partial charge in [0, 0.05) is 31.1 Å². The van der Waals surface area contributed by atoms with Crippen molar-refractivity contribution in [3.63, 3.8) is 0 Å². The number of anilines is 1. The number of ether oxygens (including phenoxy) is 1. The van der Waals surface area contributed by atoms with Gasteiger partial charge in [0.2, 0.25) is 5.91 Å². The highest BCUT2D eigenvalue weighted by Crippen LogP contribution is 2.47. The van der Waals surface area contributed by atoms with E-state index in [9.17, 15) is 9.18 Å². The van der Waals surface area contributed by atoms with E-state index < -0.39 is 0 Å². The van der Waals surface area contributed by atoms with Crippen LogP contribution >= 0.6 is 24.0 Å². The van der Waals surface area contributed by atoms with Crippen LogP contribution in [0.4, 0.5) is 10.1 Å². The number of halogens is 2. The minimum Gasteiger partial charge on any atom is -0.492 e. The normalized spacial score (nSPS) is 16.5. The molecule has 1 fully saturated rings. The molecule has 4 rings (SSSR count). The number of rotatable bonds is 7. The number of fused-ring (bicyclic) bond motifs is 1. The Kier molecular flexibility index (Phi) is 7.74. The third-order valence-electron chi connectivity index (χ3n) is 5.74. The Hall–Kier alpha value is -2.36. The number of carbonyl (C=O) groups excluding carboxylic acids is 1. The van der Waals surface area contributed by atoms with Crippen LogP contribution in [0.1, 0.15) is 30.4 Å². The van der Waals surface area contributed by atoms with Gasteiger partial charge in [-0.25, -0.2) is 4.39 Å². The number of carbonyl (C=O) groups is 1. The molecule has 0 radical (unpaired) electrons. The van der Waals surface area contributed by atoms with Crippen LogP contribution in [0.2, 0.25) is 0 Å². The molecule has 1 amide bonds. The number of hydrogen-bond donors (Lipinski definition) is 3. The van der Waals surface area contributed by atoms with Crippen LogP contribution in [0.25, 0.3) is 0 Å². The fraction of sp³-hybridized carbons (Fsp3) is 0.391. The number of amides is 1. The van der Waals surface area contributed by atoms with Crippen LogP contribution in [0.15, 0.2) is 47.5 Å². The highest BCUT2D eigenvalue weighted by atomic mass is 127. The highest BCUT2D eigenvalue weighted by Gasteiger charge is 2.44. The molecule has 0 bridgehead atoms. The third-order valence-corrected chi connectivity index (χ3v) is 5.74. The predicted molar refractivity (Wildman–Crippen MR) is 131 cm³/mol. The molecule has 1 saturated carbocycles. The molecule has 0 aromatic heterocycles. The van der Waals surface area contributed by atoms with Crippen molar-refractivity contribution in [2.75, 3.05) is 32.1 Å². The first kappa shape index (κ1) is 23.3. The average Bonchev–Trinajstić information content (AvgIpc) is 3.54. The Labute approximate surface area is 199 Å². The Morgan fingerprint density at radius 1 is 1.19 bits per heavy atom. The standard InChI is InChI=1S/C23H27FN4O2.HI/c1-25-22(27-15-23(9-10-23)17-3-2-4-18(24)14-17)26-11-12-30-19-6-7-20-16(13-19)5-8-21(29)28-20;/h2-4,6-7,13-14H,5,8-12,15H2,1H3,(H,28,29)(H2,25,26,27);1H. The second kappa shape index (κ2) is 10.3.